The molecule has 0 spiro atoms. The SMILES string of the molecule is CCOC(=O)Cc1c(C)ncc(C(F)(F)F)c1C(F)F. The first kappa shape index (κ1) is 16.3. The molecular weight excluding hydrogens is 285 g/mol. The van der Waals surface area contributed by atoms with Gasteiger partial charge >= 0.3 is 12.1 Å². The van der Waals surface area contributed by atoms with Crippen LogP contribution < -0.4 is 0 Å². The van der Waals surface area contributed by atoms with Gasteiger partial charge in [-0.3, -0.25) is 9.78 Å². The van der Waals surface area contributed by atoms with Crippen molar-refractivity contribution in [1.82, 2.24) is 4.98 Å². The summed E-state index contributed by atoms with van der Waals surface area (Å²) in [5.41, 5.74) is -3.23. The quantitative estimate of drug-likeness (QED) is 0.631. The maximum absolute atomic E-state index is 13.0. The van der Waals surface area contributed by atoms with E-state index in [0.717, 1.165) is 0 Å². The van der Waals surface area contributed by atoms with E-state index in [-0.39, 0.29) is 12.3 Å². The minimum absolute atomic E-state index is 0.00822. The van der Waals surface area contributed by atoms with E-state index in [0.29, 0.717) is 6.20 Å². The van der Waals surface area contributed by atoms with E-state index in [1.165, 1.54) is 13.8 Å². The van der Waals surface area contributed by atoms with E-state index in [1.807, 2.05) is 0 Å². The van der Waals surface area contributed by atoms with Gasteiger partial charge in [0.2, 0.25) is 0 Å². The normalized spacial score (nSPS) is 11.8. The van der Waals surface area contributed by atoms with Crippen molar-refractivity contribution >= 4 is 5.97 Å². The number of aromatic nitrogens is 1. The van der Waals surface area contributed by atoms with E-state index in [2.05, 4.69) is 9.72 Å². The molecule has 0 saturated heterocycles. The number of carbonyl (C=O) groups is 1. The Hall–Kier alpha value is -1.73. The zero-order chi connectivity index (χ0) is 15.5. The molecule has 1 aromatic heterocycles. The lowest BCUT2D eigenvalue weighted by Crippen LogP contribution is -2.17. The summed E-state index contributed by atoms with van der Waals surface area (Å²) in [6.45, 7) is 2.78. The van der Waals surface area contributed by atoms with Gasteiger partial charge in [0.25, 0.3) is 6.43 Å². The van der Waals surface area contributed by atoms with Gasteiger partial charge in [0, 0.05) is 17.5 Å². The molecule has 1 heterocycles. The standard InChI is InChI=1S/C12H12F5NO2/c1-3-20-9(19)4-7-6(2)18-5-8(12(15,16)17)10(7)11(13)14/h5,11H,3-4H2,1-2H3. The number of rotatable bonds is 4. The highest BCUT2D eigenvalue weighted by atomic mass is 19.4. The molecule has 0 aliphatic heterocycles. The van der Waals surface area contributed by atoms with Crippen molar-refractivity contribution in [2.75, 3.05) is 6.61 Å². The Morgan fingerprint density at radius 2 is 2.00 bits per heavy atom. The van der Waals surface area contributed by atoms with Crippen LogP contribution in [-0.4, -0.2) is 17.6 Å². The first-order valence-electron chi connectivity index (χ1n) is 5.67. The summed E-state index contributed by atoms with van der Waals surface area (Å²) in [6.07, 6.45) is -8.64. The Balaban J connectivity index is 3.37. The first-order chi connectivity index (χ1) is 9.18. The lowest BCUT2D eigenvalue weighted by molar-refractivity contribution is -0.143. The minimum Gasteiger partial charge on any atom is -0.466 e. The highest BCUT2D eigenvalue weighted by Gasteiger charge is 2.38. The zero-order valence-electron chi connectivity index (χ0n) is 10.7. The molecule has 0 N–H and O–H groups in total. The second kappa shape index (κ2) is 6.15. The van der Waals surface area contributed by atoms with Gasteiger partial charge in [-0.2, -0.15) is 13.2 Å². The summed E-state index contributed by atoms with van der Waals surface area (Å²) in [4.78, 5) is 14.8. The fourth-order valence-electron chi connectivity index (χ4n) is 1.72. The van der Waals surface area contributed by atoms with Crippen LogP contribution in [0.3, 0.4) is 0 Å². The summed E-state index contributed by atoms with van der Waals surface area (Å²) < 4.78 is 68.6. The molecule has 0 aromatic carbocycles. The highest BCUT2D eigenvalue weighted by molar-refractivity contribution is 5.73. The number of ether oxygens (including phenoxy) is 1. The van der Waals surface area contributed by atoms with Crippen LogP contribution in [0.15, 0.2) is 6.20 Å². The Morgan fingerprint density at radius 1 is 1.40 bits per heavy atom. The molecule has 3 nitrogen and oxygen atoms in total. The minimum atomic E-state index is -4.96. The summed E-state index contributed by atoms with van der Waals surface area (Å²) >= 11 is 0. The molecule has 8 heteroatoms. The van der Waals surface area contributed by atoms with E-state index in [9.17, 15) is 26.7 Å². The third kappa shape index (κ3) is 3.64. The van der Waals surface area contributed by atoms with Crippen LogP contribution in [-0.2, 0) is 22.1 Å². The molecule has 112 valence electrons. The number of hydrogen-bond donors (Lipinski definition) is 0. The van der Waals surface area contributed by atoms with Gasteiger partial charge in [0.05, 0.1) is 18.6 Å². The number of pyridine rings is 1. The largest absolute Gasteiger partial charge is 0.466 e. The molecule has 1 aromatic rings. The lowest BCUT2D eigenvalue weighted by Gasteiger charge is -2.17. The molecule has 0 radical (unpaired) electrons. The summed E-state index contributed by atoms with van der Waals surface area (Å²) in [7, 11) is 0. The summed E-state index contributed by atoms with van der Waals surface area (Å²) in [5.74, 6) is -0.876. The fourth-order valence-corrected chi connectivity index (χ4v) is 1.72. The van der Waals surface area contributed by atoms with Gasteiger partial charge in [0.15, 0.2) is 0 Å². The van der Waals surface area contributed by atoms with Crippen LogP contribution in [0, 0.1) is 6.92 Å². The van der Waals surface area contributed by atoms with Gasteiger partial charge < -0.3 is 4.74 Å². The van der Waals surface area contributed by atoms with E-state index < -0.39 is 41.7 Å². The highest BCUT2D eigenvalue weighted by Crippen LogP contribution is 2.38. The predicted octanol–water partition coefficient (Wildman–Crippen LogP) is 3.45. The van der Waals surface area contributed by atoms with Crippen molar-refractivity contribution in [2.45, 2.75) is 32.9 Å². The third-order valence-electron chi connectivity index (χ3n) is 2.59. The molecule has 1 rings (SSSR count). The van der Waals surface area contributed by atoms with Crippen LogP contribution in [0.1, 0.15) is 35.7 Å². The molecule has 0 bridgehead atoms. The molecular formula is C12H12F5NO2. The molecule has 0 saturated carbocycles. The second-order valence-electron chi connectivity index (χ2n) is 3.93. The van der Waals surface area contributed by atoms with Gasteiger partial charge in [-0.25, -0.2) is 8.78 Å². The topological polar surface area (TPSA) is 39.2 Å². The molecule has 0 atom stereocenters. The predicted molar refractivity (Wildman–Crippen MR) is 59.3 cm³/mol. The molecule has 0 unspecified atom stereocenters. The number of halogens is 5. The molecule has 0 aliphatic carbocycles. The van der Waals surface area contributed by atoms with Crippen molar-refractivity contribution in [2.24, 2.45) is 0 Å². The second-order valence-corrected chi connectivity index (χ2v) is 3.93. The van der Waals surface area contributed by atoms with Gasteiger partial charge in [-0.15, -0.1) is 0 Å². The van der Waals surface area contributed by atoms with Crippen LogP contribution in [0.5, 0.6) is 0 Å². The van der Waals surface area contributed by atoms with Crippen molar-refractivity contribution in [3.05, 3.63) is 28.6 Å². The maximum Gasteiger partial charge on any atom is 0.418 e. The van der Waals surface area contributed by atoms with Crippen LogP contribution in [0.4, 0.5) is 22.0 Å². The molecule has 0 aliphatic rings. The maximum atomic E-state index is 13.0. The van der Waals surface area contributed by atoms with E-state index >= 15 is 0 Å². The average molecular weight is 297 g/mol. The van der Waals surface area contributed by atoms with Gasteiger partial charge in [0.1, 0.15) is 0 Å². The number of carbonyl (C=O) groups excluding carboxylic acids is 1. The van der Waals surface area contributed by atoms with Crippen LogP contribution >= 0.6 is 0 Å². The van der Waals surface area contributed by atoms with Crippen molar-refractivity contribution in [1.29, 1.82) is 0 Å². The smallest absolute Gasteiger partial charge is 0.418 e. The zero-order valence-corrected chi connectivity index (χ0v) is 10.7. The Labute approximate surface area is 111 Å². The number of nitrogens with zero attached hydrogens (tertiary/aromatic N) is 1. The Kier molecular flexibility index (Phi) is 5.02. The monoisotopic (exact) mass is 297 g/mol. The van der Waals surface area contributed by atoms with E-state index in [4.69, 9.17) is 0 Å². The van der Waals surface area contributed by atoms with Crippen molar-refractivity contribution < 1.29 is 31.5 Å². The number of hydrogen-bond acceptors (Lipinski definition) is 3. The Morgan fingerprint density at radius 3 is 2.45 bits per heavy atom. The van der Waals surface area contributed by atoms with E-state index in [1.54, 1.807) is 0 Å². The molecule has 0 amide bonds. The first-order valence-corrected chi connectivity index (χ1v) is 5.67. The average Bonchev–Trinajstić information content (AvgIpc) is 2.29. The summed E-state index contributed by atoms with van der Waals surface area (Å²) in [6, 6.07) is 0. The number of aryl methyl sites for hydroxylation is 1. The van der Waals surface area contributed by atoms with Gasteiger partial charge in [-0.05, 0) is 19.4 Å². The van der Waals surface area contributed by atoms with Crippen LogP contribution in [0.2, 0.25) is 0 Å². The van der Waals surface area contributed by atoms with Crippen LogP contribution in [0.25, 0.3) is 0 Å². The number of esters is 1. The number of alkyl halides is 5. The Bertz CT molecular complexity index is 499. The van der Waals surface area contributed by atoms with Gasteiger partial charge in [-0.1, -0.05) is 0 Å². The summed E-state index contributed by atoms with van der Waals surface area (Å²) in [5, 5.41) is 0. The third-order valence-corrected chi connectivity index (χ3v) is 2.59. The molecule has 0 fully saturated rings. The lowest BCUT2D eigenvalue weighted by atomic mass is 9.99. The molecule has 20 heavy (non-hydrogen) atoms. The van der Waals surface area contributed by atoms with Crippen molar-refractivity contribution in [3.8, 4) is 0 Å². The van der Waals surface area contributed by atoms with Crippen molar-refractivity contribution in [3.63, 3.8) is 0 Å². The fraction of sp³-hybridized carbons (Fsp3) is 0.500.